The van der Waals surface area contributed by atoms with Crippen molar-refractivity contribution in [1.82, 2.24) is 0 Å². The molecule has 1 fully saturated rings. The highest BCUT2D eigenvalue weighted by Crippen LogP contribution is 2.26. The van der Waals surface area contributed by atoms with E-state index in [-0.39, 0.29) is 13.2 Å². The standard InChI is InChI=1S/C6H10N2O4/c1-5(2)11-3-6(7-9,8-10)4-12-5/h3-4H2,1-2H3. The molecule has 0 aromatic rings. The largest absolute Gasteiger partial charge is 0.346 e. The van der Waals surface area contributed by atoms with Gasteiger partial charge in [-0.3, -0.25) is 0 Å². The maximum atomic E-state index is 10.2. The van der Waals surface area contributed by atoms with Crippen molar-refractivity contribution in [1.29, 1.82) is 0 Å². The fraction of sp³-hybridized carbons (Fsp3) is 1.00. The minimum absolute atomic E-state index is 0.118. The maximum Gasteiger partial charge on any atom is 0.278 e. The van der Waals surface area contributed by atoms with E-state index in [2.05, 4.69) is 10.4 Å². The summed E-state index contributed by atoms with van der Waals surface area (Å²) in [5, 5.41) is 5.17. The molecule has 1 rings (SSSR count). The van der Waals surface area contributed by atoms with Crippen LogP contribution in [0.25, 0.3) is 0 Å². The van der Waals surface area contributed by atoms with Gasteiger partial charge in [0.2, 0.25) is 0 Å². The molecule has 0 aromatic carbocycles. The van der Waals surface area contributed by atoms with Crippen LogP contribution in [0, 0.1) is 9.81 Å². The van der Waals surface area contributed by atoms with Crippen molar-refractivity contribution < 1.29 is 9.47 Å². The van der Waals surface area contributed by atoms with Gasteiger partial charge >= 0.3 is 0 Å². The van der Waals surface area contributed by atoms with Crippen molar-refractivity contribution in [2.24, 2.45) is 10.4 Å². The number of nitroso groups, excluding NO2 is 2. The van der Waals surface area contributed by atoms with Gasteiger partial charge in [-0.05, 0) is 24.2 Å². The van der Waals surface area contributed by atoms with E-state index in [9.17, 15) is 9.81 Å². The third-order valence-electron chi connectivity index (χ3n) is 1.64. The summed E-state index contributed by atoms with van der Waals surface area (Å²) in [4.78, 5) is 20.4. The zero-order chi connectivity index (χ0) is 9.24. The van der Waals surface area contributed by atoms with Crippen molar-refractivity contribution in [2.45, 2.75) is 25.3 Å². The predicted molar refractivity (Wildman–Crippen MR) is 40.3 cm³/mol. The van der Waals surface area contributed by atoms with Crippen LogP contribution < -0.4 is 0 Å². The Morgan fingerprint density at radius 2 is 1.50 bits per heavy atom. The molecule has 68 valence electrons. The van der Waals surface area contributed by atoms with Crippen molar-refractivity contribution in [2.75, 3.05) is 13.2 Å². The molecule has 0 aliphatic carbocycles. The Labute approximate surface area is 69.2 Å². The summed E-state index contributed by atoms with van der Waals surface area (Å²) in [6, 6.07) is 0. The second-order valence-corrected chi connectivity index (χ2v) is 3.14. The summed E-state index contributed by atoms with van der Waals surface area (Å²) in [5.74, 6) is -0.765. The van der Waals surface area contributed by atoms with E-state index in [0.29, 0.717) is 0 Å². The van der Waals surface area contributed by atoms with E-state index in [4.69, 9.17) is 9.47 Å². The van der Waals surface area contributed by atoms with Gasteiger partial charge < -0.3 is 9.47 Å². The molecule has 1 saturated heterocycles. The molecule has 0 unspecified atom stereocenters. The summed E-state index contributed by atoms with van der Waals surface area (Å²) in [5.41, 5.74) is -1.59. The number of hydrogen-bond acceptors (Lipinski definition) is 6. The molecule has 6 heteroatoms. The Morgan fingerprint density at radius 3 is 1.83 bits per heavy atom. The summed E-state index contributed by atoms with van der Waals surface area (Å²) < 4.78 is 10.1. The molecule has 1 heterocycles. The highest BCUT2D eigenvalue weighted by Gasteiger charge is 2.43. The highest BCUT2D eigenvalue weighted by molar-refractivity contribution is 4.88. The zero-order valence-corrected chi connectivity index (χ0v) is 6.94. The average molecular weight is 174 g/mol. The summed E-state index contributed by atoms with van der Waals surface area (Å²) in [7, 11) is 0. The lowest BCUT2D eigenvalue weighted by atomic mass is 10.2. The third kappa shape index (κ3) is 1.64. The van der Waals surface area contributed by atoms with E-state index in [1.807, 2.05) is 0 Å². The first kappa shape index (κ1) is 9.21. The van der Waals surface area contributed by atoms with Crippen LogP contribution in [-0.4, -0.2) is 24.7 Å². The molecule has 1 aliphatic heterocycles. The van der Waals surface area contributed by atoms with Gasteiger partial charge in [0.1, 0.15) is 13.2 Å². The van der Waals surface area contributed by atoms with Crippen molar-refractivity contribution in [3.63, 3.8) is 0 Å². The van der Waals surface area contributed by atoms with E-state index < -0.39 is 11.4 Å². The molecule has 0 amide bonds. The molecule has 12 heavy (non-hydrogen) atoms. The van der Waals surface area contributed by atoms with Crippen LogP contribution in [0.1, 0.15) is 13.8 Å². The van der Waals surface area contributed by atoms with E-state index in [0.717, 1.165) is 0 Å². The Balaban J connectivity index is 2.65. The van der Waals surface area contributed by atoms with Gasteiger partial charge in [0.25, 0.3) is 5.66 Å². The third-order valence-corrected chi connectivity index (χ3v) is 1.64. The van der Waals surface area contributed by atoms with E-state index >= 15 is 0 Å². The second kappa shape index (κ2) is 2.87. The van der Waals surface area contributed by atoms with Crippen molar-refractivity contribution in [3.8, 4) is 0 Å². The predicted octanol–water partition coefficient (Wildman–Crippen LogP) is 0.998. The lowest BCUT2D eigenvalue weighted by Gasteiger charge is -2.35. The Morgan fingerprint density at radius 1 is 1.08 bits per heavy atom. The lowest BCUT2D eigenvalue weighted by molar-refractivity contribution is -0.265. The first-order valence-electron chi connectivity index (χ1n) is 3.51. The first-order chi connectivity index (χ1) is 5.54. The SMILES string of the molecule is CC1(C)OCC(N=O)(N=O)CO1. The molecule has 0 N–H and O–H groups in total. The average Bonchev–Trinajstić information content (AvgIpc) is 2.06. The first-order valence-corrected chi connectivity index (χ1v) is 3.51. The van der Waals surface area contributed by atoms with Gasteiger partial charge in [0, 0.05) is 0 Å². The van der Waals surface area contributed by atoms with Crippen LogP contribution >= 0.6 is 0 Å². The van der Waals surface area contributed by atoms with Crippen LogP contribution in [0.3, 0.4) is 0 Å². The number of nitrogens with zero attached hydrogens (tertiary/aromatic N) is 2. The van der Waals surface area contributed by atoms with Gasteiger partial charge in [-0.25, -0.2) is 0 Å². The fourth-order valence-corrected chi connectivity index (χ4v) is 0.784. The quantitative estimate of drug-likeness (QED) is 0.585. The fourth-order valence-electron chi connectivity index (χ4n) is 0.784. The van der Waals surface area contributed by atoms with Gasteiger partial charge in [-0.1, -0.05) is 0 Å². The Kier molecular flexibility index (Phi) is 2.20. The van der Waals surface area contributed by atoms with Gasteiger partial charge in [0.05, 0.1) is 0 Å². The molecule has 0 radical (unpaired) electrons. The van der Waals surface area contributed by atoms with Gasteiger partial charge in [-0.2, -0.15) is 0 Å². The molecular formula is C6H10N2O4. The van der Waals surface area contributed by atoms with Gasteiger partial charge in [0.15, 0.2) is 5.79 Å². The van der Waals surface area contributed by atoms with Crippen LogP contribution in [-0.2, 0) is 9.47 Å². The molecule has 1 aliphatic rings. The van der Waals surface area contributed by atoms with Crippen LogP contribution in [0.5, 0.6) is 0 Å². The molecular weight excluding hydrogens is 164 g/mol. The lowest BCUT2D eigenvalue weighted by Crippen LogP contribution is -2.48. The molecule has 0 bridgehead atoms. The van der Waals surface area contributed by atoms with Crippen LogP contribution in [0.15, 0.2) is 10.4 Å². The Hall–Kier alpha value is -0.880. The Bertz CT molecular complexity index is 184. The molecule has 0 saturated carbocycles. The van der Waals surface area contributed by atoms with Crippen LogP contribution in [0.2, 0.25) is 0 Å². The maximum absolute atomic E-state index is 10.2. The molecule has 0 spiro atoms. The van der Waals surface area contributed by atoms with Crippen molar-refractivity contribution >= 4 is 0 Å². The van der Waals surface area contributed by atoms with Crippen molar-refractivity contribution in [3.05, 3.63) is 9.81 Å². The minimum Gasteiger partial charge on any atom is -0.346 e. The van der Waals surface area contributed by atoms with Gasteiger partial charge in [-0.15, -0.1) is 9.81 Å². The normalized spacial score (nSPS) is 26.2. The molecule has 0 aromatic heterocycles. The number of hydrogen-bond donors (Lipinski definition) is 0. The van der Waals surface area contributed by atoms with E-state index in [1.165, 1.54) is 0 Å². The molecule has 0 atom stereocenters. The van der Waals surface area contributed by atoms with E-state index in [1.54, 1.807) is 13.8 Å². The zero-order valence-electron chi connectivity index (χ0n) is 6.94. The summed E-state index contributed by atoms with van der Waals surface area (Å²) >= 11 is 0. The number of rotatable bonds is 2. The van der Waals surface area contributed by atoms with Crippen LogP contribution in [0.4, 0.5) is 0 Å². The number of ether oxygens (including phenoxy) is 2. The summed E-state index contributed by atoms with van der Waals surface area (Å²) in [6.07, 6.45) is 0. The highest BCUT2D eigenvalue weighted by atomic mass is 16.7. The summed E-state index contributed by atoms with van der Waals surface area (Å²) in [6.45, 7) is 3.14. The monoisotopic (exact) mass is 174 g/mol. The minimum atomic E-state index is -1.59. The second-order valence-electron chi connectivity index (χ2n) is 3.14. The smallest absolute Gasteiger partial charge is 0.278 e. The molecule has 6 nitrogen and oxygen atoms in total. The topological polar surface area (TPSA) is 77.3 Å².